The first kappa shape index (κ1) is 26.3. The van der Waals surface area contributed by atoms with Gasteiger partial charge in [0.15, 0.2) is 17.5 Å². The van der Waals surface area contributed by atoms with Gasteiger partial charge in [-0.15, -0.1) is 0 Å². The zero-order valence-electron chi connectivity index (χ0n) is 21.0. The van der Waals surface area contributed by atoms with Crippen molar-refractivity contribution in [2.45, 2.75) is 19.4 Å². The highest BCUT2D eigenvalue weighted by atomic mass is 35.5. The number of nitriles is 1. The van der Waals surface area contributed by atoms with Crippen LogP contribution in [-0.2, 0) is 4.79 Å². The first-order valence-electron chi connectivity index (χ1n) is 12.3. The van der Waals surface area contributed by atoms with Gasteiger partial charge < -0.3 is 14.5 Å². The molecular formula is C28H23ClF2N6O2. The van der Waals surface area contributed by atoms with E-state index >= 15 is 4.39 Å². The van der Waals surface area contributed by atoms with Crippen LogP contribution in [0.25, 0.3) is 32.9 Å². The Balaban J connectivity index is 1.64. The molecule has 1 amide bonds. The summed E-state index contributed by atoms with van der Waals surface area (Å²) in [5.74, 6) is -2.28. The van der Waals surface area contributed by atoms with Crippen LogP contribution < -0.4 is 9.64 Å². The fourth-order valence-corrected chi connectivity index (χ4v) is 5.16. The van der Waals surface area contributed by atoms with Crippen LogP contribution in [-0.4, -0.2) is 58.0 Å². The number of carbonyl (C=O) groups excluding carboxylic acids is 1. The number of carbonyl (C=O) groups is 1. The number of halogens is 3. The van der Waals surface area contributed by atoms with E-state index in [2.05, 4.69) is 21.5 Å². The number of ether oxygens (including phenoxy) is 1. The molecule has 0 radical (unpaired) electrons. The van der Waals surface area contributed by atoms with Crippen molar-refractivity contribution in [2.75, 3.05) is 31.1 Å². The highest BCUT2D eigenvalue weighted by molar-refractivity contribution is 6.36. The molecule has 1 atom stereocenters. The number of rotatable bonds is 6. The van der Waals surface area contributed by atoms with Crippen LogP contribution >= 0.6 is 11.6 Å². The van der Waals surface area contributed by atoms with E-state index < -0.39 is 23.6 Å². The van der Waals surface area contributed by atoms with Crippen molar-refractivity contribution >= 4 is 45.1 Å². The number of nitrogens with zero attached hydrogens (tertiary/aromatic N) is 6. The molecule has 2 aromatic carbocycles. The van der Waals surface area contributed by atoms with Crippen LogP contribution in [0.4, 0.5) is 14.6 Å². The molecule has 5 rings (SSSR count). The Morgan fingerprint density at radius 2 is 1.97 bits per heavy atom. The minimum Gasteiger partial charge on any atom is -0.464 e. The number of piperazine rings is 1. The molecule has 0 aliphatic carbocycles. The Hall–Kier alpha value is -4.36. The summed E-state index contributed by atoms with van der Waals surface area (Å²) in [5, 5.41) is 11.4. The lowest BCUT2D eigenvalue weighted by atomic mass is 9.98. The standard InChI is InChI=1S/C28H23ClF2N6O2/c1-3-39-28-34-24-23(31)20(19-8-4-6-17-7-5-9-21(29)22(17)19)14-33-25(24)26(35-28)36-12-13-37(27(38)16(2)30)18(15-36)10-11-32/h4-9,14,18H,2-3,10,12-13,15H2,1H3/t18-/m0/s1. The Kier molecular flexibility index (Phi) is 7.26. The van der Waals surface area contributed by atoms with E-state index in [0.29, 0.717) is 21.8 Å². The van der Waals surface area contributed by atoms with Crippen LogP contribution in [0.3, 0.4) is 0 Å². The molecule has 2 aromatic heterocycles. The van der Waals surface area contributed by atoms with E-state index in [1.54, 1.807) is 24.0 Å². The Morgan fingerprint density at radius 1 is 1.21 bits per heavy atom. The molecule has 1 aliphatic heterocycles. The third-order valence-electron chi connectivity index (χ3n) is 6.63. The molecule has 4 aromatic rings. The van der Waals surface area contributed by atoms with E-state index in [1.807, 2.05) is 30.3 Å². The van der Waals surface area contributed by atoms with Crippen molar-refractivity contribution in [1.82, 2.24) is 19.9 Å². The highest BCUT2D eigenvalue weighted by Gasteiger charge is 2.34. The second kappa shape index (κ2) is 10.8. The third-order valence-corrected chi connectivity index (χ3v) is 6.95. The van der Waals surface area contributed by atoms with Crippen LogP contribution in [0, 0.1) is 17.1 Å². The van der Waals surface area contributed by atoms with Crippen molar-refractivity contribution in [3.63, 3.8) is 0 Å². The zero-order chi connectivity index (χ0) is 27.7. The average Bonchev–Trinajstić information content (AvgIpc) is 2.93. The maximum atomic E-state index is 16.2. The second-order valence-corrected chi connectivity index (χ2v) is 9.36. The molecular weight excluding hydrogens is 526 g/mol. The molecule has 11 heteroatoms. The molecule has 8 nitrogen and oxygen atoms in total. The monoisotopic (exact) mass is 548 g/mol. The SMILES string of the molecule is C=C(F)C(=O)N1CCN(c2nc(OCC)nc3c(F)c(-c4cccc5cccc(Cl)c45)cnc23)C[C@@H]1CC#N. The van der Waals surface area contributed by atoms with Gasteiger partial charge in [0, 0.05) is 41.8 Å². The van der Waals surface area contributed by atoms with Crippen molar-refractivity contribution in [1.29, 1.82) is 5.26 Å². The summed E-state index contributed by atoms with van der Waals surface area (Å²) in [6.45, 7) is 5.59. The molecule has 1 fully saturated rings. The van der Waals surface area contributed by atoms with Crippen LogP contribution in [0.1, 0.15) is 13.3 Å². The van der Waals surface area contributed by atoms with Crippen molar-refractivity contribution in [3.8, 4) is 23.2 Å². The Bertz CT molecular complexity index is 1650. The molecule has 39 heavy (non-hydrogen) atoms. The van der Waals surface area contributed by atoms with E-state index in [1.165, 1.54) is 11.1 Å². The summed E-state index contributed by atoms with van der Waals surface area (Å²) < 4.78 is 35.4. The average molecular weight is 549 g/mol. The number of aromatic nitrogens is 3. The van der Waals surface area contributed by atoms with Gasteiger partial charge in [0.2, 0.25) is 0 Å². The number of fused-ring (bicyclic) bond motifs is 2. The van der Waals surface area contributed by atoms with Gasteiger partial charge in [-0.05, 0) is 23.9 Å². The minimum atomic E-state index is -1.10. The lowest BCUT2D eigenvalue weighted by Crippen LogP contribution is -2.55. The smallest absolute Gasteiger partial charge is 0.319 e. The lowest BCUT2D eigenvalue weighted by molar-refractivity contribution is -0.131. The molecule has 0 spiro atoms. The van der Waals surface area contributed by atoms with Gasteiger partial charge in [-0.3, -0.25) is 4.79 Å². The summed E-state index contributed by atoms with van der Waals surface area (Å²) in [6, 6.07) is 12.3. The minimum absolute atomic E-state index is 0.0371. The zero-order valence-corrected chi connectivity index (χ0v) is 21.8. The predicted molar refractivity (Wildman–Crippen MR) is 145 cm³/mol. The fourth-order valence-electron chi connectivity index (χ4n) is 4.88. The molecule has 198 valence electrons. The Labute approximate surface area is 228 Å². The van der Waals surface area contributed by atoms with E-state index in [4.69, 9.17) is 16.3 Å². The summed E-state index contributed by atoms with van der Waals surface area (Å²) in [6.07, 6.45) is 1.38. The lowest BCUT2D eigenvalue weighted by Gasteiger charge is -2.40. The number of hydrogen-bond acceptors (Lipinski definition) is 7. The second-order valence-electron chi connectivity index (χ2n) is 8.95. The normalized spacial score (nSPS) is 15.4. The van der Waals surface area contributed by atoms with Gasteiger partial charge in [0.1, 0.15) is 11.0 Å². The summed E-state index contributed by atoms with van der Waals surface area (Å²) in [4.78, 5) is 28.7. The van der Waals surface area contributed by atoms with Gasteiger partial charge >= 0.3 is 6.01 Å². The molecule has 1 aliphatic rings. The number of benzene rings is 2. The molecule has 0 bridgehead atoms. The van der Waals surface area contributed by atoms with E-state index in [9.17, 15) is 14.4 Å². The molecule has 0 N–H and O–H groups in total. The van der Waals surface area contributed by atoms with Crippen LogP contribution in [0.15, 0.2) is 55.0 Å². The largest absolute Gasteiger partial charge is 0.464 e. The number of pyridine rings is 1. The quantitative estimate of drug-likeness (QED) is 0.296. The van der Waals surface area contributed by atoms with Crippen LogP contribution in [0.2, 0.25) is 5.02 Å². The van der Waals surface area contributed by atoms with E-state index in [-0.39, 0.29) is 55.3 Å². The van der Waals surface area contributed by atoms with Gasteiger partial charge in [-0.1, -0.05) is 48.5 Å². The van der Waals surface area contributed by atoms with Crippen molar-refractivity contribution in [3.05, 3.63) is 65.8 Å². The molecule has 0 saturated carbocycles. The van der Waals surface area contributed by atoms with Gasteiger partial charge in [-0.25, -0.2) is 13.8 Å². The maximum absolute atomic E-state index is 16.2. The molecule has 0 unspecified atom stereocenters. The first-order chi connectivity index (χ1) is 18.8. The van der Waals surface area contributed by atoms with Crippen LogP contribution in [0.5, 0.6) is 6.01 Å². The van der Waals surface area contributed by atoms with Crippen molar-refractivity contribution < 1.29 is 18.3 Å². The molecule has 3 heterocycles. The summed E-state index contributed by atoms with van der Waals surface area (Å²) in [5.41, 5.74) is 0.928. The number of hydrogen-bond donors (Lipinski definition) is 0. The van der Waals surface area contributed by atoms with E-state index in [0.717, 1.165) is 5.39 Å². The fraction of sp³-hybridized carbons (Fsp3) is 0.250. The maximum Gasteiger partial charge on any atom is 0.319 e. The number of anilines is 1. The number of amides is 1. The summed E-state index contributed by atoms with van der Waals surface area (Å²) >= 11 is 6.49. The van der Waals surface area contributed by atoms with Gasteiger partial charge in [0.05, 0.1) is 25.1 Å². The predicted octanol–water partition coefficient (Wildman–Crippen LogP) is 5.45. The molecule has 1 saturated heterocycles. The topological polar surface area (TPSA) is 95.2 Å². The van der Waals surface area contributed by atoms with Crippen molar-refractivity contribution in [2.24, 2.45) is 0 Å². The van der Waals surface area contributed by atoms with Gasteiger partial charge in [-0.2, -0.15) is 15.2 Å². The Morgan fingerprint density at radius 3 is 2.69 bits per heavy atom. The summed E-state index contributed by atoms with van der Waals surface area (Å²) in [7, 11) is 0. The van der Waals surface area contributed by atoms with Gasteiger partial charge in [0.25, 0.3) is 5.91 Å². The highest BCUT2D eigenvalue weighted by Crippen LogP contribution is 2.38. The third kappa shape index (κ3) is 4.81. The first-order valence-corrected chi connectivity index (χ1v) is 12.7.